The van der Waals surface area contributed by atoms with Gasteiger partial charge in [-0.3, -0.25) is 0 Å². The van der Waals surface area contributed by atoms with Crippen LogP contribution in [0.2, 0.25) is 0 Å². The predicted molar refractivity (Wildman–Crippen MR) is 95.3 cm³/mol. The van der Waals surface area contributed by atoms with Gasteiger partial charge in [0.05, 0.1) is 7.11 Å². The van der Waals surface area contributed by atoms with E-state index in [1.807, 2.05) is 0 Å². The fourth-order valence-corrected chi connectivity index (χ4v) is 2.46. The molecule has 0 spiro atoms. The summed E-state index contributed by atoms with van der Waals surface area (Å²) in [4.78, 5) is 1.04. The first-order chi connectivity index (χ1) is 12.3. The van der Waals surface area contributed by atoms with Gasteiger partial charge < -0.3 is 15.0 Å². The van der Waals surface area contributed by atoms with E-state index in [4.69, 9.17) is 17.0 Å². The number of methoxy groups -OCH3 is 1. The molecule has 26 heavy (non-hydrogen) atoms. The Morgan fingerprint density at radius 1 is 1.04 bits per heavy atom. The maximum atomic E-state index is 12.9. The molecule has 0 fully saturated rings. The third-order valence-corrected chi connectivity index (χ3v) is 3.95. The third kappa shape index (κ3) is 6.51. The van der Waals surface area contributed by atoms with Crippen LogP contribution in [0.4, 0.5) is 17.6 Å². The third-order valence-electron chi connectivity index (χ3n) is 3.55. The molecule has 0 saturated heterocycles. The van der Waals surface area contributed by atoms with E-state index in [0.717, 1.165) is 4.90 Å². The number of nitrogens with zero attached hydrogens (tertiary/aromatic N) is 1. The molecule has 0 aliphatic rings. The molecule has 0 unspecified atom stereocenters. The molecule has 0 aromatic heterocycles. The minimum Gasteiger partial charge on any atom is -0.497 e. The van der Waals surface area contributed by atoms with Gasteiger partial charge >= 0.3 is 6.18 Å². The van der Waals surface area contributed by atoms with Crippen molar-refractivity contribution in [3.8, 4) is 5.75 Å². The number of rotatable bonds is 6. The maximum absolute atomic E-state index is 12.9. The Morgan fingerprint density at radius 3 is 2.15 bits per heavy atom. The van der Waals surface area contributed by atoms with E-state index in [9.17, 15) is 17.6 Å². The summed E-state index contributed by atoms with van der Waals surface area (Å²) in [6.45, 7) is -0.969. The van der Waals surface area contributed by atoms with Crippen LogP contribution >= 0.6 is 12.2 Å². The van der Waals surface area contributed by atoms with Crippen molar-refractivity contribution < 1.29 is 22.3 Å². The van der Waals surface area contributed by atoms with E-state index in [0.29, 0.717) is 16.9 Å². The molecular formula is C18H18F4N2OS. The Balaban J connectivity index is 2.04. The van der Waals surface area contributed by atoms with Gasteiger partial charge in [-0.25, -0.2) is 4.39 Å². The van der Waals surface area contributed by atoms with Crippen molar-refractivity contribution in [1.82, 2.24) is 10.2 Å². The lowest BCUT2D eigenvalue weighted by Crippen LogP contribution is -2.43. The Kier molecular flexibility index (Phi) is 6.79. The Bertz CT molecular complexity index is 717. The molecule has 0 bridgehead atoms. The van der Waals surface area contributed by atoms with Crippen LogP contribution in [-0.2, 0) is 13.1 Å². The summed E-state index contributed by atoms with van der Waals surface area (Å²) in [6, 6.07) is 12.4. The Hall–Kier alpha value is -2.35. The zero-order chi connectivity index (χ0) is 19.2. The van der Waals surface area contributed by atoms with Gasteiger partial charge in [0.15, 0.2) is 5.11 Å². The molecule has 140 valence electrons. The highest BCUT2D eigenvalue weighted by Crippen LogP contribution is 2.19. The molecule has 0 aliphatic carbocycles. The summed E-state index contributed by atoms with van der Waals surface area (Å²) >= 11 is 5.13. The monoisotopic (exact) mass is 386 g/mol. The van der Waals surface area contributed by atoms with Crippen LogP contribution in [0.1, 0.15) is 11.1 Å². The van der Waals surface area contributed by atoms with E-state index in [1.165, 1.54) is 19.2 Å². The fraction of sp³-hybridized carbons (Fsp3) is 0.278. The van der Waals surface area contributed by atoms with E-state index in [-0.39, 0.29) is 24.0 Å². The molecular weight excluding hydrogens is 368 g/mol. The SMILES string of the molecule is COc1ccc(CN(CC(F)(F)F)C(=S)NCc2ccc(F)cc2)cc1. The number of benzene rings is 2. The number of hydrogen-bond donors (Lipinski definition) is 1. The van der Waals surface area contributed by atoms with Crippen molar-refractivity contribution in [2.75, 3.05) is 13.7 Å². The van der Waals surface area contributed by atoms with Gasteiger partial charge in [0.2, 0.25) is 0 Å². The smallest absolute Gasteiger partial charge is 0.406 e. The highest BCUT2D eigenvalue weighted by Gasteiger charge is 2.31. The number of ether oxygens (including phenoxy) is 1. The van der Waals surface area contributed by atoms with Gasteiger partial charge in [0, 0.05) is 13.1 Å². The highest BCUT2D eigenvalue weighted by molar-refractivity contribution is 7.80. The number of hydrogen-bond acceptors (Lipinski definition) is 2. The summed E-state index contributed by atoms with van der Waals surface area (Å²) < 4.78 is 56.7. The second-order valence-electron chi connectivity index (χ2n) is 5.60. The Labute approximate surface area is 154 Å². The topological polar surface area (TPSA) is 24.5 Å². The largest absolute Gasteiger partial charge is 0.497 e. The summed E-state index contributed by atoms with van der Waals surface area (Å²) in [5.74, 6) is 0.239. The predicted octanol–water partition coefficient (Wildman–Crippen LogP) is 4.27. The minimum atomic E-state index is -4.39. The van der Waals surface area contributed by atoms with Crippen molar-refractivity contribution >= 4 is 17.3 Å². The first-order valence-electron chi connectivity index (χ1n) is 7.74. The molecule has 3 nitrogen and oxygen atoms in total. The second kappa shape index (κ2) is 8.84. The highest BCUT2D eigenvalue weighted by atomic mass is 32.1. The number of nitrogens with one attached hydrogen (secondary N) is 1. The molecule has 1 N–H and O–H groups in total. The second-order valence-corrected chi connectivity index (χ2v) is 5.99. The van der Waals surface area contributed by atoms with Crippen LogP contribution in [-0.4, -0.2) is 29.8 Å². The molecule has 2 rings (SSSR count). The van der Waals surface area contributed by atoms with Crippen LogP contribution in [0.5, 0.6) is 5.75 Å². The van der Waals surface area contributed by atoms with E-state index < -0.39 is 12.7 Å². The number of alkyl halides is 3. The van der Waals surface area contributed by atoms with Gasteiger partial charge in [0.1, 0.15) is 18.1 Å². The van der Waals surface area contributed by atoms with Gasteiger partial charge in [-0.2, -0.15) is 13.2 Å². The van der Waals surface area contributed by atoms with Crippen molar-refractivity contribution in [1.29, 1.82) is 0 Å². The van der Waals surface area contributed by atoms with E-state index >= 15 is 0 Å². The van der Waals surface area contributed by atoms with Crippen LogP contribution in [0.25, 0.3) is 0 Å². The molecule has 0 saturated carbocycles. The average Bonchev–Trinajstić information content (AvgIpc) is 2.60. The Morgan fingerprint density at radius 2 is 1.62 bits per heavy atom. The maximum Gasteiger partial charge on any atom is 0.406 e. The lowest BCUT2D eigenvalue weighted by Gasteiger charge is -2.27. The quantitative estimate of drug-likeness (QED) is 0.592. The lowest BCUT2D eigenvalue weighted by molar-refractivity contribution is -0.138. The van der Waals surface area contributed by atoms with E-state index in [1.54, 1.807) is 36.4 Å². The van der Waals surface area contributed by atoms with Gasteiger partial charge in [-0.05, 0) is 47.6 Å². The van der Waals surface area contributed by atoms with Crippen molar-refractivity contribution in [3.63, 3.8) is 0 Å². The number of thiocarbonyl (C=S) groups is 1. The van der Waals surface area contributed by atoms with Crippen LogP contribution in [0.15, 0.2) is 48.5 Å². The average molecular weight is 386 g/mol. The minimum absolute atomic E-state index is 0.00123. The molecule has 0 aliphatic heterocycles. The van der Waals surface area contributed by atoms with Gasteiger partial charge in [0.25, 0.3) is 0 Å². The van der Waals surface area contributed by atoms with Gasteiger partial charge in [-0.1, -0.05) is 24.3 Å². The van der Waals surface area contributed by atoms with Crippen molar-refractivity contribution in [2.45, 2.75) is 19.3 Å². The van der Waals surface area contributed by atoms with Gasteiger partial charge in [-0.15, -0.1) is 0 Å². The summed E-state index contributed by atoms with van der Waals surface area (Å²) in [6.07, 6.45) is -4.39. The summed E-state index contributed by atoms with van der Waals surface area (Å²) in [5.41, 5.74) is 1.38. The molecule has 2 aromatic carbocycles. The molecule has 8 heteroatoms. The molecule has 0 heterocycles. The molecule has 0 radical (unpaired) electrons. The van der Waals surface area contributed by atoms with Crippen LogP contribution < -0.4 is 10.1 Å². The van der Waals surface area contributed by atoms with Crippen molar-refractivity contribution in [3.05, 3.63) is 65.5 Å². The lowest BCUT2D eigenvalue weighted by atomic mass is 10.2. The molecule has 0 amide bonds. The van der Waals surface area contributed by atoms with E-state index in [2.05, 4.69) is 5.32 Å². The molecule has 2 aromatic rings. The fourth-order valence-electron chi connectivity index (χ4n) is 2.26. The molecule has 0 atom stereocenters. The zero-order valence-corrected chi connectivity index (χ0v) is 14.8. The zero-order valence-electron chi connectivity index (χ0n) is 14.0. The standard InChI is InChI=1S/C18H18F4N2OS/c1-25-16-8-4-14(5-9-16)11-24(12-18(20,21)22)17(26)23-10-13-2-6-15(19)7-3-13/h2-9H,10-12H2,1H3,(H,23,26). The van der Waals surface area contributed by atoms with Crippen LogP contribution in [0.3, 0.4) is 0 Å². The van der Waals surface area contributed by atoms with Crippen molar-refractivity contribution in [2.24, 2.45) is 0 Å². The van der Waals surface area contributed by atoms with Crippen LogP contribution in [0, 0.1) is 5.82 Å². The normalized spacial score (nSPS) is 11.1. The first-order valence-corrected chi connectivity index (χ1v) is 8.14. The summed E-state index contributed by atoms with van der Waals surface area (Å²) in [7, 11) is 1.51. The summed E-state index contributed by atoms with van der Waals surface area (Å²) in [5, 5.41) is 2.77. The first kappa shape index (κ1) is 20.0. The number of halogens is 4.